The van der Waals surface area contributed by atoms with Crippen molar-refractivity contribution < 1.29 is 9.59 Å². The number of nitrogens with one attached hydrogen (secondary N) is 1. The Bertz CT molecular complexity index is 841. The van der Waals surface area contributed by atoms with Crippen molar-refractivity contribution in [2.45, 2.75) is 52.1 Å². The molecule has 2 rings (SSSR count). The molecule has 0 aliphatic rings. The molecule has 0 unspecified atom stereocenters. The van der Waals surface area contributed by atoms with Gasteiger partial charge in [0, 0.05) is 23.4 Å². The first kappa shape index (κ1) is 23.3. The Kier molecular flexibility index (Phi) is 9.05. The third kappa shape index (κ3) is 7.41. The van der Waals surface area contributed by atoms with Crippen LogP contribution in [0.4, 0.5) is 0 Å². The van der Waals surface area contributed by atoms with E-state index in [4.69, 9.17) is 11.6 Å². The molecular weight excluding hydrogens is 404 g/mol. The molecule has 4 nitrogen and oxygen atoms in total. The van der Waals surface area contributed by atoms with E-state index in [1.807, 2.05) is 38.1 Å². The van der Waals surface area contributed by atoms with Gasteiger partial charge in [-0.25, -0.2) is 0 Å². The second kappa shape index (κ2) is 11.3. The van der Waals surface area contributed by atoms with Crippen molar-refractivity contribution in [2.24, 2.45) is 0 Å². The summed E-state index contributed by atoms with van der Waals surface area (Å²) in [5.41, 5.74) is 3.22. The van der Waals surface area contributed by atoms with E-state index in [1.54, 1.807) is 29.7 Å². The van der Waals surface area contributed by atoms with Crippen LogP contribution in [0.2, 0.25) is 5.02 Å². The molecule has 29 heavy (non-hydrogen) atoms. The predicted molar refractivity (Wildman–Crippen MR) is 122 cm³/mol. The lowest BCUT2D eigenvalue weighted by atomic mass is 10.1. The second-order valence-corrected chi connectivity index (χ2v) is 8.83. The number of carbonyl (C=O) groups excluding carboxylic acids is 2. The molecule has 2 amide bonds. The summed E-state index contributed by atoms with van der Waals surface area (Å²) < 4.78 is 0. The summed E-state index contributed by atoms with van der Waals surface area (Å²) in [6.07, 6.45) is 0. The zero-order valence-corrected chi connectivity index (χ0v) is 19.0. The maximum atomic E-state index is 13.0. The van der Waals surface area contributed by atoms with Crippen molar-refractivity contribution in [1.29, 1.82) is 0 Å². The highest BCUT2D eigenvalue weighted by Gasteiger charge is 2.26. The molecule has 0 saturated heterocycles. The molecule has 2 aromatic rings. The van der Waals surface area contributed by atoms with Gasteiger partial charge in [0.2, 0.25) is 11.8 Å². The smallest absolute Gasteiger partial charge is 0.242 e. The molecule has 0 heterocycles. The van der Waals surface area contributed by atoms with Gasteiger partial charge in [0.1, 0.15) is 6.04 Å². The van der Waals surface area contributed by atoms with E-state index in [-0.39, 0.29) is 17.9 Å². The van der Waals surface area contributed by atoms with Crippen molar-refractivity contribution in [1.82, 2.24) is 10.2 Å². The largest absolute Gasteiger partial charge is 0.352 e. The average molecular weight is 433 g/mol. The highest BCUT2D eigenvalue weighted by molar-refractivity contribution is 7.99. The minimum atomic E-state index is -0.583. The van der Waals surface area contributed by atoms with E-state index in [9.17, 15) is 9.59 Å². The Hall–Kier alpha value is -1.98. The van der Waals surface area contributed by atoms with Gasteiger partial charge >= 0.3 is 0 Å². The van der Waals surface area contributed by atoms with Crippen LogP contribution in [-0.2, 0) is 21.9 Å². The number of benzene rings is 2. The maximum Gasteiger partial charge on any atom is 0.242 e. The van der Waals surface area contributed by atoms with Crippen molar-refractivity contribution in [3.8, 4) is 0 Å². The highest BCUT2D eigenvalue weighted by atomic mass is 35.5. The molecule has 0 saturated carbocycles. The topological polar surface area (TPSA) is 49.4 Å². The monoisotopic (exact) mass is 432 g/mol. The number of aryl methyl sites for hydroxylation is 1. The first-order valence-corrected chi connectivity index (χ1v) is 11.3. The van der Waals surface area contributed by atoms with Gasteiger partial charge in [-0.3, -0.25) is 9.59 Å². The normalized spacial score (nSPS) is 11.9. The van der Waals surface area contributed by atoms with Gasteiger partial charge in [0.25, 0.3) is 0 Å². The van der Waals surface area contributed by atoms with Crippen LogP contribution in [-0.4, -0.2) is 34.6 Å². The van der Waals surface area contributed by atoms with Crippen LogP contribution in [0, 0.1) is 6.92 Å². The van der Waals surface area contributed by atoms with Crippen LogP contribution >= 0.6 is 23.4 Å². The van der Waals surface area contributed by atoms with E-state index >= 15 is 0 Å². The molecular formula is C23H29ClN2O2S. The van der Waals surface area contributed by atoms with Crippen LogP contribution < -0.4 is 5.32 Å². The van der Waals surface area contributed by atoms with E-state index < -0.39 is 6.04 Å². The van der Waals surface area contributed by atoms with E-state index in [1.165, 1.54) is 11.1 Å². The van der Waals surface area contributed by atoms with E-state index in [0.717, 1.165) is 11.3 Å². The van der Waals surface area contributed by atoms with E-state index in [2.05, 4.69) is 30.4 Å². The molecule has 0 aromatic heterocycles. The zero-order valence-electron chi connectivity index (χ0n) is 17.4. The quantitative estimate of drug-likeness (QED) is 0.617. The molecule has 1 N–H and O–H groups in total. The zero-order chi connectivity index (χ0) is 21.4. The summed E-state index contributed by atoms with van der Waals surface area (Å²) in [6.45, 7) is 7.93. The average Bonchev–Trinajstić information content (AvgIpc) is 2.66. The van der Waals surface area contributed by atoms with Crippen molar-refractivity contribution in [3.05, 3.63) is 70.2 Å². The first-order valence-electron chi connectivity index (χ1n) is 9.74. The summed E-state index contributed by atoms with van der Waals surface area (Å²) in [5.74, 6) is 0.815. The Labute approximate surface area is 183 Å². The van der Waals surface area contributed by atoms with Crippen LogP contribution in [0.3, 0.4) is 0 Å². The third-order valence-corrected chi connectivity index (χ3v) is 5.83. The molecule has 0 radical (unpaired) electrons. The van der Waals surface area contributed by atoms with Crippen LogP contribution in [0.25, 0.3) is 0 Å². The number of halogens is 1. The van der Waals surface area contributed by atoms with Crippen LogP contribution in [0.15, 0.2) is 48.5 Å². The highest BCUT2D eigenvalue weighted by Crippen LogP contribution is 2.20. The lowest BCUT2D eigenvalue weighted by Crippen LogP contribution is -2.49. The number of carbonyl (C=O) groups is 2. The molecule has 0 bridgehead atoms. The molecule has 0 aliphatic carbocycles. The minimum Gasteiger partial charge on any atom is -0.352 e. The van der Waals surface area contributed by atoms with Gasteiger partial charge < -0.3 is 10.2 Å². The first-order chi connectivity index (χ1) is 13.8. The predicted octanol–water partition coefficient (Wildman–Crippen LogP) is 4.82. The number of hydrogen-bond acceptors (Lipinski definition) is 3. The van der Waals surface area contributed by atoms with Crippen molar-refractivity contribution in [3.63, 3.8) is 0 Å². The maximum absolute atomic E-state index is 13.0. The fourth-order valence-electron chi connectivity index (χ4n) is 2.94. The third-order valence-electron chi connectivity index (χ3n) is 4.47. The lowest BCUT2D eigenvalue weighted by molar-refractivity contribution is -0.138. The van der Waals surface area contributed by atoms with Crippen LogP contribution in [0.1, 0.15) is 37.5 Å². The summed E-state index contributed by atoms with van der Waals surface area (Å²) in [5, 5.41) is 3.49. The Morgan fingerprint density at radius 2 is 1.83 bits per heavy atom. The van der Waals surface area contributed by atoms with Gasteiger partial charge in [-0.2, -0.15) is 0 Å². The Balaban J connectivity index is 2.09. The lowest BCUT2D eigenvalue weighted by Gasteiger charge is -2.29. The van der Waals surface area contributed by atoms with E-state index in [0.29, 0.717) is 17.3 Å². The van der Waals surface area contributed by atoms with Gasteiger partial charge in [0.15, 0.2) is 0 Å². The standard InChI is InChI=1S/C23H29ClN2O2S/c1-16(2)25-23(28)18(4)26(13-20-10-5-6-11-21(20)24)22(27)15-29-14-19-9-7-8-17(3)12-19/h5-12,16,18H,13-15H2,1-4H3,(H,25,28)/t18-/m0/s1. The molecule has 0 aliphatic heterocycles. The van der Waals surface area contributed by atoms with Gasteiger partial charge in [-0.1, -0.05) is 59.6 Å². The van der Waals surface area contributed by atoms with Crippen molar-refractivity contribution in [2.75, 3.05) is 5.75 Å². The fourth-order valence-corrected chi connectivity index (χ4v) is 3.99. The summed E-state index contributed by atoms with van der Waals surface area (Å²) in [6, 6.07) is 15.1. The molecule has 0 fully saturated rings. The van der Waals surface area contributed by atoms with Gasteiger partial charge in [-0.15, -0.1) is 11.8 Å². The number of nitrogens with zero attached hydrogens (tertiary/aromatic N) is 1. The molecule has 156 valence electrons. The number of amides is 2. The minimum absolute atomic E-state index is 0.0120. The SMILES string of the molecule is Cc1cccc(CSCC(=O)N(Cc2ccccc2Cl)[C@@H](C)C(=O)NC(C)C)c1. The van der Waals surface area contributed by atoms with Crippen molar-refractivity contribution >= 4 is 35.2 Å². The number of rotatable bonds is 9. The van der Waals surface area contributed by atoms with Crippen LogP contribution in [0.5, 0.6) is 0 Å². The number of hydrogen-bond donors (Lipinski definition) is 1. The Morgan fingerprint density at radius 3 is 2.48 bits per heavy atom. The fraction of sp³-hybridized carbons (Fsp3) is 0.391. The Morgan fingerprint density at radius 1 is 1.10 bits per heavy atom. The molecule has 2 aromatic carbocycles. The molecule has 1 atom stereocenters. The van der Waals surface area contributed by atoms with Gasteiger partial charge in [-0.05, 0) is 44.9 Å². The second-order valence-electron chi connectivity index (χ2n) is 7.43. The summed E-state index contributed by atoms with van der Waals surface area (Å²) >= 11 is 7.85. The molecule has 0 spiro atoms. The molecule has 6 heteroatoms. The number of thioether (sulfide) groups is 1. The summed E-state index contributed by atoms with van der Waals surface area (Å²) in [7, 11) is 0. The summed E-state index contributed by atoms with van der Waals surface area (Å²) in [4.78, 5) is 27.2. The van der Waals surface area contributed by atoms with Gasteiger partial charge in [0.05, 0.1) is 5.75 Å².